The fraction of sp³-hybridized carbons (Fsp3) is 0.500. The average Bonchev–Trinajstić information content (AvgIpc) is 3.00. The zero-order valence-electron chi connectivity index (χ0n) is 13.7. The van der Waals surface area contributed by atoms with Crippen LogP contribution in [0.4, 0.5) is 5.13 Å². The standard InChI is InChI=1S/C14H19N5O2S3/c1-4-11-18-19-14(24-11)17-12(21)8(3)23-13-15-9(7-22-5-2)6-10(20)16-13/h6,8H,4-5,7H2,1-3H3,(H,15,16,20)(H,17,19,21). The van der Waals surface area contributed by atoms with Gasteiger partial charge in [-0.1, -0.05) is 36.9 Å². The van der Waals surface area contributed by atoms with Gasteiger partial charge in [0.25, 0.3) is 5.56 Å². The molecular formula is C14H19N5O2S3. The molecule has 2 heterocycles. The SMILES string of the molecule is CCSCc1cc(=O)[nH]c(SC(C)C(=O)Nc2nnc(CC)s2)n1. The van der Waals surface area contributed by atoms with Gasteiger partial charge < -0.3 is 4.98 Å². The molecule has 0 aromatic carbocycles. The van der Waals surface area contributed by atoms with Crippen LogP contribution in [-0.4, -0.2) is 37.1 Å². The summed E-state index contributed by atoms with van der Waals surface area (Å²) in [6, 6.07) is 1.49. The highest BCUT2D eigenvalue weighted by Crippen LogP contribution is 2.22. The number of nitrogens with zero attached hydrogens (tertiary/aromatic N) is 3. The fourth-order valence-corrected chi connectivity index (χ4v) is 3.77. The van der Waals surface area contributed by atoms with Crippen molar-refractivity contribution in [2.24, 2.45) is 0 Å². The van der Waals surface area contributed by atoms with E-state index in [2.05, 4.69) is 32.4 Å². The Morgan fingerprint density at radius 2 is 2.21 bits per heavy atom. The van der Waals surface area contributed by atoms with Crippen molar-refractivity contribution in [3.8, 4) is 0 Å². The molecule has 2 rings (SSSR count). The summed E-state index contributed by atoms with van der Waals surface area (Å²) in [6.45, 7) is 5.79. The number of anilines is 1. The van der Waals surface area contributed by atoms with E-state index in [0.717, 1.165) is 22.9 Å². The van der Waals surface area contributed by atoms with Crippen LogP contribution >= 0.6 is 34.9 Å². The molecule has 0 aliphatic carbocycles. The van der Waals surface area contributed by atoms with Crippen LogP contribution in [0.1, 0.15) is 31.5 Å². The Morgan fingerprint density at radius 1 is 1.42 bits per heavy atom. The van der Waals surface area contributed by atoms with E-state index in [9.17, 15) is 9.59 Å². The van der Waals surface area contributed by atoms with Gasteiger partial charge >= 0.3 is 0 Å². The van der Waals surface area contributed by atoms with Crippen LogP contribution in [0.15, 0.2) is 16.0 Å². The van der Waals surface area contributed by atoms with E-state index in [1.807, 2.05) is 6.92 Å². The third-order valence-corrected chi connectivity index (χ3v) is 5.76. The summed E-state index contributed by atoms with van der Waals surface area (Å²) in [5, 5.41) is 12.0. The smallest absolute Gasteiger partial charge is 0.251 e. The largest absolute Gasteiger partial charge is 0.301 e. The monoisotopic (exact) mass is 385 g/mol. The summed E-state index contributed by atoms with van der Waals surface area (Å²) in [7, 11) is 0. The molecular weight excluding hydrogens is 366 g/mol. The van der Waals surface area contributed by atoms with Gasteiger partial charge in [-0.25, -0.2) is 4.98 Å². The Balaban J connectivity index is 2.00. The Labute approximate surface area is 152 Å². The van der Waals surface area contributed by atoms with Gasteiger partial charge in [-0.3, -0.25) is 14.9 Å². The molecule has 2 N–H and O–H groups in total. The number of amides is 1. The summed E-state index contributed by atoms with van der Waals surface area (Å²) >= 11 is 4.27. The van der Waals surface area contributed by atoms with Gasteiger partial charge in [0.2, 0.25) is 11.0 Å². The van der Waals surface area contributed by atoms with E-state index in [4.69, 9.17) is 0 Å². The average molecular weight is 386 g/mol. The second-order valence-electron chi connectivity index (χ2n) is 4.78. The van der Waals surface area contributed by atoms with Gasteiger partial charge in [-0.2, -0.15) is 11.8 Å². The first kappa shape index (κ1) is 18.9. The van der Waals surface area contributed by atoms with Crippen LogP contribution in [-0.2, 0) is 17.0 Å². The van der Waals surface area contributed by atoms with Gasteiger partial charge in [0.15, 0.2) is 5.16 Å². The molecule has 1 unspecified atom stereocenters. The van der Waals surface area contributed by atoms with Crippen LogP contribution in [0.25, 0.3) is 0 Å². The Bertz CT molecular complexity index is 746. The molecule has 0 saturated heterocycles. The summed E-state index contributed by atoms with van der Waals surface area (Å²) in [5.74, 6) is 1.44. The van der Waals surface area contributed by atoms with E-state index in [1.54, 1.807) is 18.7 Å². The Kier molecular flexibility index (Phi) is 7.25. The van der Waals surface area contributed by atoms with E-state index in [-0.39, 0.29) is 11.5 Å². The first-order chi connectivity index (χ1) is 11.5. The summed E-state index contributed by atoms with van der Waals surface area (Å²) < 4.78 is 0. The van der Waals surface area contributed by atoms with Crippen LogP contribution in [0, 0.1) is 0 Å². The minimum atomic E-state index is -0.420. The van der Waals surface area contributed by atoms with Crippen LogP contribution in [0.3, 0.4) is 0 Å². The number of H-pyrrole nitrogens is 1. The van der Waals surface area contributed by atoms with E-state index >= 15 is 0 Å². The van der Waals surface area contributed by atoms with Gasteiger partial charge in [-0.15, -0.1) is 10.2 Å². The molecule has 2 aromatic heterocycles. The molecule has 24 heavy (non-hydrogen) atoms. The zero-order chi connectivity index (χ0) is 17.5. The molecule has 0 bridgehead atoms. The van der Waals surface area contributed by atoms with E-state index in [0.29, 0.717) is 16.0 Å². The van der Waals surface area contributed by atoms with Crippen molar-refractivity contribution in [1.29, 1.82) is 0 Å². The molecule has 1 atom stereocenters. The second-order valence-corrected chi connectivity index (χ2v) is 8.45. The third kappa shape index (κ3) is 5.60. The number of aromatic amines is 1. The molecule has 0 aliphatic rings. The predicted molar refractivity (Wildman–Crippen MR) is 99.9 cm³/mol. The molecule has 0 radical (unpaired) electrons. The molecule has 0 spiro atoms. The van der Waals surface area contributed by atoms with Crippen molar-refractivity contribution in [1.82, 2.24) is 20.2 Å². The number of rotatable bonds is 8. The highest BCUT2D eigenvalue weighted by Gasteiger charge is 2.18. The first-order valence-electron chi connectivity index (χ1n) is 7.49. The lowest BCUT2D eigenvalue weighted by atomic mass is 10.4. The van der Waals surface area contributed by atoms with Crippen molar-refractivity contribution < 1.29 is 4.79 Å². The number of aryl methyl sites for hydroxylation is 1. The van der Waals surface area contributed by atoms with Crippen molar-refractivity contribution in [3.63, 3.8) is 0 Å². The number of carbonyl (C=O) groups is 1. The van der Waals surface area contributed by atoms with Crippen molar-refractivity contribution in [2.45, 2.75) is 43.4 Å². The molecule has 2 aromatic rings. The lowest BCUT2D eigenvalue weighted by Crippen LogP contribution is -2.23. The number of carbonyl (C=O) groups excluding carboxylic acids is 1. The minimum Gasteiger partial charge on any atom is -0.301 e. The molecule has 130 valence electrons. The van der Waals surface area contributed by atoms with E-state index < -0.39 is 5.25 Å². The molecule has 0 aliphatic heterocycles. The highest BCUT2D eigenvalue weighted by molar-refractivity contribution is 8.00. The Hall–Kier alpha value is -1.39. The second kappa shape index (κ2) is 9.19. The summed E-state index contributed by atoms with van der Waals surface area (Å²) in [5.41, 5.74) is 0.515. The number of hydrogen-bond acceptors (Lipinski definition) is 8. The van der Waals surface area contributed by atoms with Crippen LogP contribution < -0.4 is 10.9 Å². The maximum atomic E-state index is 12.2. The molecule has 1 amide bonds. The molecule has 10 heteroatoms. The normalized spacial score (nSPS) is 12.1. The Morgan fingerprint density at radius 3 is 2.88 bits per heavy atom. The number of hydrogen-bond donors (Lipinski definition) is 2. The lowest BCUT2D eigenvalue weighted by molar-refractivity contribution is -0.115. The van der Waals surface area contributed by atoms with Gasteiger partial charge in [0.05, 0.1) is 10.9 Å². The van der Waals surface area contributed by atoms with Crippen molar-refractivity contribution in [3.05, 3.63) is 27.1 Å². The van der Waals surface area contributed by atoms with Crippen LogP contribution in [0.2, 0.25) is 0 Å². The quantitative estimate of drug-likeness (QED) is 0.532. The van der Waals surface area contributed by atoms with Gasteiger partial charge in [0, 0.05) is 11.8 Å². The molecule has 0 fully saturated rings. The van der Waals surface area contributed by atoms with Crippen LogP contribution in [0.5, 0.6) is 0 Å². The van der Waals surface area contributed by atoms with Gasteiger partial charge in [0.1, 0.15) is 5.01 Å². The highest BCUT2D eigenvalue weighted by atomic mass is 32.2. The number of nitrogens with one attached hydrogen (secondary N) is 2. The minimum absolute atomic E-state index is 0.199. The van der Waals surface area contributed by atoms with Crippen molar-refractivity contribution >= 4 is 45.9 Å². The molecule has 7 nitrogen and oxygen atoms in total. The maximum absolute atomic E-state index is 12.2. The van der Waals surface area contributed by atoms with Gasteiger partial charge in [-0.05, 0) is 19.1 Å². The first-order valence-corrected chi connectivity index (χ1v) is 10.3. The summed E-state index contributed by atoms with van der Waals surface area (Å²) in [4.78, 5) is 31.0. The third-order valence-electron chi connectivity index (χ3n) is 2.88. The topological polar surface area (TPSA) is 101 Å². The fourth-order valence-electron chi connectivity index (χ4n) is 1.69. The predicted octanol–water partition coefficient (Wildman–Crippen LogP) is 2.56. The zero-order valence-corrected chi connectivity index (χ0v) is 16.1. The lowest BCUT2D eigenvalue weighted by Gasteiger charge is -2.10. The number of aromatic nitrogens is 4. The number of thioether (sulfide) groups is 2. The summed E-state index contributed by atoms with van der Waals surface area (Å²) in [6.07, 6.45) is 0.783. The molecule has 0 saturated carbocycles. The van der Waals surface area contributed by atoms with E-state index in [1.165, 1.54) is 29.2 Å². The maximum Gasteiger partial charge on any atom is 0.251 e. The van der Waals surface area contributed by atoms with Crippen molar-refractivity contribution in [2.75, 3.05) is 11.1 Å².